The topological polar surface area (TPSA) is 48.5 Å². The first kappa shape index (κ1) is 38.1. The van der Waals surface area contributed by atoms with Gasteiger partial charge in [0.2, 0.25) is 0 Å². The van der Waals surface area contributed by atoms with E-state index in [2.05, 4.69) is 221 Å². The molecule has 5 nitrogen and oxygen atoms in total. The Kier molecular flexibility index (Phi) is 8.52. The minimum absolute atomic E-state index is 0.623. The molecule has 0 amide bonds. The van der Waals surface area contributed by atoms with Crippen molar-refractivity contribution in [1.82, 2.24) is 24.1 Å². The molecule has 0 aliphatic rings. The quantitative estimate of drug-likeness (QED) is 0.167. The number of nitrogens with zero attached hydrogens (tertiary/aromatic N) is 5. The summed E-state index contributed by atoms with van der Waals surface area (Å²) in [6.07, 6.45) is 0. The highest BCUT2D eigenvalue weighted by molar-refractivity contribution is 6.17. The molecular formula is C63H39N5. The van der Waals surface area contributed by atoms with Gasteiger partial charge in [-0.05, 0) is 98.7 Å². The first-order valence-electron chi connectivity index (χ1n) is 23.1. The minimum atomic E-state index is 0.623. The van der Waals surface area contributed by atoms with E-state index < -0.39 is 0 Å². The van der Waals surface area contributed by atoms with Crippen LogP contribution in [-0.2, 0) is 0 Å². The van der Waals surface area contributed by atoms with Crippen LogP contribution in [0.4, 0.5) is 0 Å². The highest BCUT2D eigenvalue weighted by atomic mass is 15.0. The van der Waals surface area contributed by atoms with Crippen LogP contribution in [-0.4, -0.2) is 24.1 Å². The number of hydrogen-bond acceptors (Lipinski definition) is 3. The molecule has 5 heteroatoms. The molecule has 0 aliphatic carbocycles. The lowest BCUT2D eigenvalue weighted by Crippen LogP contribution is -2.01. The van der Waals surface area contributed by atoms with Crippen molar-refractivity contribution >= 4 is 75.9 Å². The van der Waals surface area contributed by atoms with Gasteiger partial charge >= 0.3 is 0 Å². The highest BCUT2D eigenvalue weighted by Gasteiger charge is 2.20. The van der Waals surface area contributed by atoms with Gasteiger partial charge in [0.25, 0.3) is 0 Å². The van der Waals surface area contributed by atoms with E-state index >= 15 is 0 Å². The van der Waals surface area contributed by atoms with E-state index in [0.29, 0.717) is 17.5 Å². The van der Waals surface area contributed by atoms with Crippen molar-refractivity contribution in [3.05, 3.63) is 237 Å². The molecule has 0 fully saturated rings. The Hall–Kier alpha value is -9.19. The zero-order valence-corrected chi connectivity index (χ0v) is 36.8. The first-order chi connectivity index (χ1) is 33.7. The van der Waals surface area contributed by atoms with Gasteiger partial charge in [-0.1, -0.05) is 176 Å². The number of hydrogen-bond donors (Lipinski definition) is 0. The Morgan fingerprint density at radius 3 is 1.43 bits per heavy atom. The van der Waals surface area contributed by atoms with E-state index in [-0.39, 0.29) is 0 Å². The number of aromatic nitrogens is 5. The summed E-state index contributed by atoms with van der Waals surface area (Å²) in [5.74, 6) is 1.89. The average Bonchev–Trinajstić information content (AvgIpc) is 3.90. The highest BCUT2D eigenvalue weighted by Crippen LogP contribution is 2.41. The van der Waals surface area contributed by atoms with Crippen LogP contribution in [0.3, 0.4) is 0 Å². The van der Waals surface area contributed by atoms with Crippen LogP contribution in [0.15, 0.2) is 237 Å². The zero-order chi connectivity index (χ0) is 44.7. The number of fused-ring (bicyclic) bond motifs is 9. The summed E-state index contributed by atoms with van der Waals surface area (Å²) in [5, 5.41) is 12.0. The number of para-hydroxylation sites is 1. The maximum atomic E-state index is 5.19. The van der Waals surface area contributed by atoms with Crippen LogP contribution >= 0.6 is 0 Å². The van der Waals surface area contributed by atoms with Crippen LogP contribution in [0, 0.1) is 0 Å². The number of rotatable bonds is 6. The molecule has 0 N–H and O–H groups in total. The Balaban J connectivity index is 0.970. The molecule has 68 heavy (non-hydrogen) atoms. The van der Waals surface area contributed by atoms with Crippen molar-refractivity contribution in [2.75, 3.05) is 0 Å². The maximum absolute atomic E-state index is 5.19. The molecule has 14 rings (SSSR count). The fourth-order valence-electron chi connectivity index (χ4n) is 10.4. The fourth-order valence-corrected chi connectivity index (χ4v) is 10.4. The van der Waals surface area contributed by atoms with Crippen molar-refractivity contribution in [2.45, 2.75) is 0 Å². The Labute approximate surface area is 391 Å². The molecule has 0 aliphatic heterocycles. The molecule has 0 bridgehead atoms. The van der Waals surface area contributed by atoms with Gasteiger partial charge in [0.05, 0.1) is 27.8 Å². The predicted octanol–water partition coefficient (Wildman–Crippen LogP) is 16.2. The summed E-state index contributed by atoms with van der Waals surface area (Å²) in [6.45, 7) is 0. The van der Waals surface area contributed by atoms with E-state index in [1.165, 1.54) is 54.1 Å². The van der Waals surface area contributed by atoms with Gasteiger partial charge in [-0.2, -0.15) is 0 Å². The fraction of sp³-hybridized carbons (Fsp3) is 0. The monoisotopic (exact) mass is 865 g/mol. The molecule has 0 spiro atoms. The molecule has 0 atom stereocenters. The van der Waals surface area contributed by atoms with Gasteiger partial charge in [0.1, 0.15) is 0 Å². The van der Waals surface area contributed by atoms with Gasteiger partial charge in [-0.25, -0.2) is 15.0 Å². The van der Waals surface area contributed by atoms with Crippen molar-refractivity contribution in [1.29, 1.82) is 0 Å². The van der Waals surface area contributed by atoms with Gasteiger partial charge in [0.15, 0.2) is 17.5 Å². The molecule has 11 aromatic carbocycles. The molecule has 0 saturated heterocycles. The van der Waals surface area contributed by atoms with E-state index in [9.17, 15) is 0 Å². The first-order valence-corrected chi connectivity index (χ1v) is 23.1. The lowest BCUT2D eigenvalue weighted by Gasteiger charge is -2.14. The molecule has 3 aromatic heterocycles. The molecule has 0 unspecified atom stereocenters. The second-order valence-corrected chi connectivity index (χ2v) is 17.7. The second-order valence-electron chi connectivity index (χ2n) is 17.7. The molecule has 0 saturated carbocycles. The smallest absolute Gasteiger partial charge is 0.164 e. The van der Waals surface area contributed by atoms with E-state index in [4.69, 9.17) is 15.0 Å². The van der Waals surface area contributed by atoms with E-state index in [1.54, 1.807) is 0 Å². The van der Waals surface area contributed by atoms with Crippen LogP contribution < -0.4 is 0 Å². The maximum Gasteiger partial charge on any atom is 0.164 e. The molecule has 0 radical (unpaired) electrons. The van der Waals surface area contributed by atoms with E-state index in [0.717, 1.165) is 61.0 Å². The predicted molar refractivity (Wildman–Crippen MR) is 283 cm³/mol. The van der Waals surface area contributed by atoms with Crippen LogP contribution in [0.25, 0.3) is 133 Å². The minimum Gasteiger partial charge on any atom is -0.309 e. The van der Waals surface area contributed by atoms with Crippen LogP contribution in [0.5, 0.6) is 0 Å². The Morgan fingerprint density at radius 1 is 0.235 bits per heavy atom. The van der Waals surface area contributed by atoms with E-state index in [1.807, 2.05) is 24.3 Å². The van der Waals surface area contributed by atoms with Gasteiger partial charge < -0.3 is 9.13 Å². The third-order valence-corrected chi connectivity index (χ3v) is 13.7. The molecule has 14 aromatic rings. The summed E-state index contributed by atoms with van der Waals surface area (Å²) in [7, 11) is 0. The lowest BCUT2D eigenvalue weighted by molar-refractivity contribution is 1.07. The SMILES string of the molecule is c1ccc(-c2cccc(-c3nc(-c4ccccc4)nc(-c4ccc5c(-n6c7cc(-n8c9ccccc9c9cc%10ccccc%10cc98)ccc7c7cc8ccccc8cc76)cccc5c4)n3)c2)cc1. The Bertz CT molecular complexity index is 4320. The molecule has 3 heterocycles. The summed E-state index contributed by atoms with van der Waals surface area (Å²) in [6, 6.07) is 84.8. The third-order valence-electron chi connectivity index (χ3n) is 13.7. The summed E-state index contributed by atoms with van der Waals surface area (Å²) < 4.78 is 4.91. The lowest BCUT2D eigenvalue weighted by atomic mass is 10.0. The number of benzene rings is 11. The third kappa shape index (κ3) is 6.14. The van der Waals surface area contributed by atoms with Crippen LogP contribution in [0.2, 0.25) is 0 Å². The second kappa shape index (κ2) is 15.2. The van der Waals surface area contributed by atoms with Gasteiger partial charge in [-0.3, -0.25) is 0 Å². The normalized spacial score (nSPS) is 11.8. The largest absolute Gasteiger partial charge is 0.309 e. The zero-order valence-electron chi connectivity index (χ0n) is 36.8. The summed E-state index contributed by atoms with van der Waals surface area (Å²) in [4.78, 5) is 15.4. The standard InChI is InChI=1S/C63H39N5/c1-3-15-40(16-4-1)42-23-13-25-48(33-42)62-64-61(41-17-5-2-6-18-41)65-63(66-62)49-29-31-51-47(34-49)24-14-28-56(51)68-59-38-46-22-10-8-20-44(46)36-55(59)53-32-30-50(39-60(53)68)67-57-27-12-11-26-52(57)54-35-43-19-7-9-21-45(43)37-58(54)67/h1-39H. The van der Waals surface area contributed by atoms with Gasteiger partial charge in [-0.15, -0.1) is 0 Å². The average molecular weight is 866 g/mol. The summed E-state index contributed by atoms with van der Waals surface area (Å²) >= 11 is 0. The summed E-state index contributed by atoms with van der Waals surface area (Å²) in [5.41, 5.74) is 11.9. The van der Waals surface area contributed by atoms with Crippen molar-refractivity contribution < 1.29 is 0 Å². The molecule has 316 valence electrons. The van der Waals surface area contributed by atoms with Gasteiger partial charge in [0, 0.05) is 49.3 Å². The van der Waals surface area contributed by atoms with Crippen molar-refractivity contribution in [2.24, 2.45) is 0 Å². The molecular weight excluding hydrogens is 827 g/mol. The van der Waals surface area contributed by atoms with Crippen molar-refractivity contribution in [3.63, 3.8) is 0 Å². The van der Waals surface area contributed by atoms with Crippen LogP contribution in [0.1, 0.15) is 0 Å². The van der Waals surface area contributed by atoms with Crippen molar-refractivity contribution in [3.8, 4) is 56.7 Å². The Morgan fingerprint density at radius 2 is 0.721 bits per heavy atom.